The van der Waals surface area contributed by atoms with Gasteiger partial charge in [0.2, 0.25) is 0 Å². The van der Waals surface area contributed by atoms with Gasteiger partial charge >= 0.3 is 0 Å². The Balaban J connectivity index is 2.58. The minimum atomic E-state index is -0.477. The van der Waals surface area contributed by atoms with Crippen LogP contribution in [0.1, 0.15) is 38.1 Å². The first-order chi connectivity index (χ1) is 6.79. The number of hydrogen-bond acceptors (Lipinski definition) is 2. The van der Waals surface area contributed by atoms with Crippen LogP contribution in [0.5, 0.6) is 0 Å². The van der Waals surface area contributed by atoms with Gasteiger partial charge in [-0.1, -0.05) is 6.92 Å². The molecule has 80 valence electrons. The molecular weight excluding hydrogens is 200 g/mol. The third kappa shape index (κ3) is 3.00. The zero-order valence-electron chi connectivity index (χ0n) is 8.49. The van der Waals surface area contributed by atoms with Crippen LogP contribution in [0.2, 0.25) is 0 Å². The van der Waals surface area contributed by atoms with Gasteiger partial charge in [0.05, 0.1) is 0 Å². The first-order valence-corrected chi connectivity index (χ1v) is 5.58. The maximum atomic E-state index is 9.81. The minimum Gasteiger partial charge on any atom is -0.385 e. The van der Waals surface area contributed by atoms with E-state index in [9.17, 15) is 5.11 Å². The van der Waals surface area contributed by atoms with Gasteiger partial charge in [0.25, 0.3) is 0 Å². The molecule has 4 heteroatoms. The molecule has 1 aromatic heterocycles. The van der Waals surface area contributed by atoms with Crippen LogP contribution in [0.25, 0.3) is 0 Å². The number of imidazole rings is 1. The van der Waals surface area contributed by atoms with Gasteiger partial charge in [0.15, 0.2) is 0 Å². The molecule has 0 saturated carbocycles. The molecule has 0 spiro atoms. The molecule has 1 atom stereocenters. The van der Waals surface area contributed by atoms with Crippen molar-refractivity contribution in [3.05, 3.63) is 18.2 Å². The highest BCUT2D eigenvalue weighted by Crippen LogP contribution is 2.16. The smallest absolute Gasteiger partial charge is 0.137 e. The Hall–Kier alpha value is -0.540. The van der Waals surface area contributed by atoms with Crippen molar-refractivity contribution in [1.29, 1.82) is 0 Å². The van der Waals surface area contributed by atoms with E-state index in [1.54, 1.807) is 6.20 Å². The van der Waals surface area contributed by atoms with Crippen molar-refractivity contribution < 1.29 is 5.11 Å². The van der Waals surface area contributed by atoms with Crippen molar-refractivity contribution in [3.8, 4) is 0 Å². The van der Waals surface area contributed by atoms with Crippen LogP contribution in [0.15, 0.2) is 12.4 Å². The SMILES string of the molecule is CCCn1ccnc1C(O)CCCCl. The first kappa shape index (κ1) is 11.5. The largest absolute Gasteiger partial charge is 0.385 e. The average Bonchev–Trinajstić information content (AvgIpc) is 2.63. The standard InChI is InChI=1S/C10H17ClN2O/c1-2-7-13-8-6-12-10(13)9(14)4-3-5-11/h6,8-9,14H,2-5,7H2,1H3. The lowest BCUT2D eigenvalue weighted by Crippen LogP contribution is -2.08. The maximum Gasteiger partial charge on any atom is 0.137 e. The van der Waals surface area contributed by atoms with E-state index in [1.165, 1.54) is 0 Å². The number of halogens is 1. The molecule has 14 heavy (non-hydrogen) atoms. The van der Waals surface area contributed by atoms with Crippen molar-refractivity contribution in [2.75, 3.05) is 5.88 Å². The van der Waals surface area contributed by atoms with Crippen LogP contribution in [-0.2, 0) is 6.54 Å². The van der Waals surface area contributed by atoms with Gasteiger partial charge in [-0.2, -0.15) is 0 Å². The molecule has 0 saturated heterocycles. The molecule has 0 amide bonds. The second-order valence-electron chi connectivity index (χ2n) is 3.33. The molecule has 0 aliphatic rings. The number of aryl methyl sites for hydroxylation is 1. The zero-order valence-corrected chi connectivity index (χ0v) is 9.24. The van der Waals surface area contributed by atoms with Gasteiger partial charge in [-0.15, -0.1) is 11.6 Å². The lowest BCUT2D eigenvalue weighted by Gasteiger charge is -2.11. The van der Waals surface area contributed by atoms with Gasteiger partial charge < -0.3 is 9.67 Å². The van der Waals surface area contributed by atoms with Crippen molar-refractivity contribution in [3.63, 3.8) is 0 Å². The summed E-state index contributed by atoms with van der Waals surface area (Å²) in [5, 5.41) is 9.81. The van der Waals surface area contributed by atoms with Crippen molar-refractivity contribution in [2.24, 2.45) is 0 Å². The summed E-state index contributed by atoms with van der Waals surface area (Å²) in [5.41, 5.74) is 0. The zero-order chi connectivity index (χ0) is 10.4. The Labute approximate surface area is 89.7 Å². The van der Waals surface area contributed by atoms with E-state index in [1.807, 2.05) is 10.8 Å². The van der Waals surface area contributed by atoms with Crippen LogP contribution in [0, 0.1) is 0 Å². The highest BCUT2D eigenvalue weighted by atomic mass is 35.5. The van der Waals surface area contributed by atoms with Crippen molar-refractivity contribution in [1.82, 2.24) is 9.55 Å². The lowest BCUT2D eigenvalue weighted by atomic mass is 10.2. The highest BCUT2D eigenvalue weighted by molar-refractivity contribution is 6.17. The molecule has 3 nitrogen and oxygen atoms in total. The topological polar surface area (TPSA) is 38.0 Å². The van der Waals surface area contributed by atoms with E-state index in [0.717, 1.165) is 25.2 Å². The van der Waals surface area contributed by atoms with Gasteiger partial charge in [0, 0.05) is 24.8 Å². The number of alkyl halides is 1. The number of aromatic nitrogens is 2. The maximum absolute atomic E-state index is 9.81. The fourth-order valence-electron chi connectivity index (χ4n) is 1.45. The van der Waals surface area contributed by atoms with Crippen LogP contribution >= 0.6 is 11.6 Å². The molecule has 0 radical (unpaired) electrons. The Kier molecular flexibility index (Phi) is 4.98. The Morgan fingerprint density at radius 3 is 3.07 bits per heavy atom. The second-order valence-corrected chi connectivity index (χ2v) is 3.70. The normalized spacial score (nSPS) is 13.1. The summed E-state index contributed by atoms with van der Waals surface area (Å²) >= 11 is 5.57. The lowest BCUT2D eigenvalue weighted by molar-refractivity contribution is 0.152. The average molecular weight is 217 g/mol. The number of hydrogen-bond donors (Lipinski definition) is 1. The summed E-state index contributed by atoms with van der Waals surface area (Å²) in [6, 6.07) is 0. The molecule has 1 rings (SSSR count). The molecule has 0 aliphatic carbocycles. The fourth-order valence-corrected chi connectivity index (χ4v) is 1.60. The second kappa shape index (κ2) is 6.04. The van der Waals surface area contributed by atoms with E-state index in [4.69, 9.17) is 11.6 Å². The summed E-state index contributed by atoms with van der Waals surface area (Å²) in [4.78, 5) is 4.16. The highest BCUT2D eigenvalue weighted by Gasteiger charge is 2.12. The van der Waals surface area contributed by atoms with Crippen LogP contribution < -0.4 is 0 Å². The van der Waals surface area contributed by atoms with Crippen molar-refractivity contribution in [2.45, 2.75) is 38.8 Å². The first-order valence-electron chi connectivity index (χ1n) is 5.04. The molecule has 0 aliphatic heterocycles. The van der Waals surface area contributed by atoms with E-state index < -0.39 is 6.10 Å². The minimum absolute atomic E-state index is 0.477. The summed E-state index contributed by atoms with van der Waals surface area (Å²) in [5.74, 6) is 1.35. The summed E-state index contributed by atoms with van der Waals surface area (Å²) in [6.45, 7) is 3.02. The third-order valence-corrected chi connectivity index (χ3v) is 2.39. The van der Waals surface area contributed by atoms with Gasteiger partial charge in [-0.05, 0) is 19.3 Å². The third-order valence-electron chi connectivity index (χ3n) is 2.12. The fraction of sp³-hybridized carbons (Fsp3) is 0.700. The molecule has 1 heterocycles. The summed E-state index contributed by atoms with van der Waals surface area (Å²) in [7, 11) is 0. The Morgan fingerprint density at radius 1 is 1.64 bits per heavy atom. The monoisotopic (exact) mass is 216 g/mol. The van der Waals surface area contributed by atoms with Crippen LogP contribution in [-0.4, -0.2) is 20.5 Å². The van der Waals surface area contributed by atoms with E-state index >= 15 is 0 Å². The van der Waals surface area contributed by atoms with Gasteiger partial charge in [-0.25, -0.2) is 4.98 Å². The number of rotatable bonds is 6. The molecule has 1 aromatic rings. The van der Waals surface area contributed by atoms with Gasteiger partial charge in [0.1, 0.15) is 11.9 Å². The predicted molar refractivity (Wildman–Crippen MR) is 57.4 cm³/mol. The molecule has 0 fully saturated rings. The summed E-state index contributed by atoms with van der Waals surface area (Å²) < 4.78 is 2.00. The van der Waals surface area contributed by atoms with Crippen LogP contribution in [0.3, 0.4) is 0 Å². The molecular formula is C10H17ClN2O. The number of nitrogens with zero attached hydrogens (tertiary/aromatic N) is 2. The molecule has 1 N–H and O–H groups in total. The number of aliphatic hydroxyl groups is 1. The predicted octanol–water partition coefficient (Wildman–Crippen LogP) is 2.35. The number of aliphatic hydroxyl groups excluding tert-OH is 1. The van der Waals surface area contributed by atoms with Crippen LogP contribution in [0.4, 0.5) is 0 Å². The van der Waals surface area contributed by atoms with E-state index in [-0.39, 0.29) is 0 Å². The molecule has 0 aromatic carbocycles. The summed E-state index contributed by atoms with van der Waals surface area (Å²) in [6.07, 6.45) is 5.71. The molecule has 1 unspecified atom stereocenters. The molecule has 0 bridgehead atoms. The quantitative estimate of drug-likeness (QED) is 0.742. The van der Waals surface area contributed by atoms with E-state index in [0.29, 0.717) is 12.3 Å². The Bertz CT molecular complexity index is 262. The van der Waals surface area contributed by atoms with Crippen molar-refractivity contribution >= 4 is 11.6 Å². The Morgan fingerprint density at radius 2 is 2.43 bits per heavy atom. The van der Waals surface area contributed by atoms with E-state index in [2.05, 4.69) is 11.9 Å². The van der Waals surface area contributed by atoms with Gasteiger partial charge in [-0.3, -0.25) is 0 Å².